The van der Waals surface area contributed by atoms with E-state index in [1.807, 2.05) is 0 Å². The van der Waals surface area contributed by atoms with Crippen molar-refractivity contribution in [2.75, 3.05) is 0 Å². The van der Waals surface area contributed by atoms with Gasteiger partial charge in [0.05, 0.1) is 0 Å². The highest BCUT2D eigenvalue weighted by atomic mass is 14.8. The van der Waals surface area contributed by atoms with Crippen LogP contribution >= 0.6 is 0 Å². The summed E-state index contributed by atoms with van der Waals surface area (Å²) in [4.78, 5) is 3.83. The summed E-state index contributed by atoms with van der Waals surface area (Å²) in [6.45, 7) is 2.12. The molecule has 0 saturated carbocycles. The summed E-state index contributed by atoms with van der Waals surface area (Å²) in [6.07, 6.45) is 5.79. The molecular formula is C10H14N4. The molecule has 0 saturated heterocycles. The van der Waals surface area contributed by atoms with Crippen LogP contribution in [0.3, 0.4) is 0 Å². The van der Waals surface area contributed by atoms with Crippen LogP contribution in [0.2, 0.25) is 0 Å². The number of nitrogens with zero attached hydrogens (tertiary/aromatic N) is 3. The molecule has 0 bridgehead atoms. The monoisotopic (exact) mass is 190 g/mol. The molecule has 0 aliphatic heterocycles. The summed E-state index contributed by atoms with van der Waals surface area (Å²) in [6, 6.07) is 3.47. The van der Waals surface area contributed by atoms with Crippen molar-refractivity contribution in [2.24, 2.45) is 10.7 Å². The quantitative estimate of drug-likeness (QED) is 0.407. The third-order valence-electron chi connectivity index (χ3n) is 1.64. The van der Waals surface area contributed by atoms with Gasteiger partial charge < -0.3 is 5.73 Å². The standard InChI is InChI=1S/C10H14N4/c1-2-3-4-5-6-14-10(8-12)9(13)7-11/h6H,2-5,13H2,1H3. The van der Waals surface area contributed by atoms with Crippen LogP contribution in [0, 0.1) is 22.7 Å². The molecule has 0 aromatic rings. The molecule has 0 unspecified atom stereocenters. The Morgan fingerprint density at radius 3 is 2.57 bits per heavy atom. The van der Waals surface area contributed by atoms with Crippen molar-refractivity contribution in [2.45, 2.75) is 32.6 Å². The molecule has 0 aromatic heterocycles. The molecule has 0 spiro atoms. The molecule has 4 nitrogen and oxygen atoms in total. The van der Waals surface area contributed by atoms with Crippen LogP contribution in [-0.4, -0.2) is 6.21 Å². The zero-order chi connectivity index (χ0) is 10.8. The van der Waals surface area contributed by atoms with Crippen LogP contribution in [0.4, 0.5) is 0 Å². The number of hydrogen-bond donors (Lipinski definition) is 1. The first-order valence-electron chi connectivity index (χ1n) is 4.58. The second-order valence-electron chi connectivity index (χ2n) is 2.79. The number of hydrogen-bond acceptors (Lipinski definition) is 4. The van der Waals surface area contributed by atoms with E-state index in [2.05, 4.69) is 11.9 Å². The van der Waals surface area contributed by atoms with Crippen LogP contribution in [0.15, 0.2) is 16.4 Å². The molecule has 0 aliphatic rings. The fraction of sp³-hybridized carbons (Fsp3) is 0.500. The fourth-order valence-corrected chi connectivity index (χ4v) is 0.853. The van der Waals surface area contributed by atoms with Gasteiger partial charge in [-0.05, 0) is 12.8 Å². The smallest absolute Gasteiger partial charge is 0.174 e. The lowest BCUT2D eigenvalue weighted by molar-refractivity contribution is 0.746. The minimum Gasteiger partial charge on any atom is -0.388 e. The summed E-state index contributed by atoms with van der Waals surface area (Å²) in [7, 11) is 0. The van der Waals surface area contributed by atoms with Gasteiger partial charge in [-0.3, -0.25) is 0 Å². The van der Waals surface area contributed by atoms with Gasteiger partial charge in [-0.15, -0.1) is 0 Å². The molecular weight excluding hydrogens is 176 g/mol. The molecule has 14 heavy (non-hydrogen) atoms. The minimum absolute atomic E-state index is 0.00370. The Balaban J connectivity index is 4.10. The van der Waals surface area contributed by atoms with E-state index < -0.39 is 0 Å². The highest BCUT2D eigenvalue weighted by molar-refractivity contribution is 5.60. The van der Waals surface area contributed by atoms with Crippen LogP contribution in [0.1, 0.15) is 32.6 Å². The van der Waals surface area contributed by atoms with E-state index in [9.17, 15) is 0 Å². The molecule has 0 atom stereocenters. The van der Waals surface area contributed by atoms with E-state index in [0.29, 0.717) is 0 Å². The van der Waals surface area contributed by atoms with E-state index >= 15 is 0 Å². The van der Waals surface area contributed by atoms with Crippen molar-refractivity contribution in [3.05, 3.63) is 11.4 Å². The molecule has 4 heteroatoms. The van der Waals surface area contributed by atoms with E-state index in [0.717, 1.165) is 25.7 Å². The SMILES string of the molecule is CCCCCC=NC(C#N)=C(N)C#N. The largest absolute Gasteiger partial charge is 0.388 e. The van der Waals surface area contributed by atoms with Crippen LogP contribution < -0.4 is 5.73 Å². The third-order valence-corrected chi connectivity index (χ3v) is 1.64. The first-order valence-corrected chi connectivity index (χ1v) is 4.58. The number of nitriles is 2. The molecule has 0 amide bonds. The highest BCUT2D eigenvalue weighted by Crippen LogP contribution is 2.00. The first kappa shape index (κ1) is 12.2. The topological polar surface area (TPSA) is 86.0 Å². The molecule has 2 N–H and O–H groups in total. The van der Waals surface area contributed by atoms with Crippen LogP contribution in [0.5, 0.6) is 0 Å². The molecule has 0 aromatic carbocycles. The Hall–Kier alpha value is -1.81. The summed E-state index contributed by atoms with van der Waals surface area (Å²) in [5.74, 6) is 0. The molecule has 0 aliphatic carbocycles. The summed E-state index contributed by atoms with van der Waals surface area (Å²) in [5, 5.41) is 17.0. The maximum absolute atomic E-state index is 8.58. The minimum atomic E-state index is -0.126. The van der Waals surface area contributed by atoms with Gasteiger partial charge in [-0.25, -0.2) is 4.99 Å². The van der Waals surface area contributed by atoms with Crippen molar-refractivity contribution in [1.29, 1.82) is 10.5 Å². The maximum atomic E-state index is 8.58. The Morgan fingerprint density at radius 1 is 1.36 bits per heavy atom. The van der Waals surface area contributed by atoms with Gasteiger partial charge in [0.2, 0.25) is 0 Å². The zero-order valence-corrected chi connectivity index (χ0v) is 8.32. The van der Waals surface area contributed by atoms with Gasteiger partial charge in [0.15, 0.2) is 5.70 Å². The zero-order valence-electron chi connectivity index (χ0n) is 8.32. The Labute approximate surface area is 84.4 Å². The molecule has 74 valence electrons. The second kappa shape index (κ2) is 7.82. The number of aliphatic imine (C=N–C) groups is 1. The van der Waals surface area contributed by atoms with E-state index in [1.165, 1.54) is 0 Å². The fourth-order valence-electron chi connectivity index (χ4n) is 0.853. The summed E-state index contributed by atoms with van der Waals surface area (Å²) in [5.41, 5.74) is 5.13. The van der Waals surface area contributed by atoms with Crippen molar-refractivity contribution in [3.63, 3.8) is 0 Å². The van der Waals surface area contributed by atoms with Crippen molar-refractivity contribution >= 4 is 6.21 Å². The first-order chi connectivity index (χ1) is 6.76. The van der Waals surface area contributed by atoms with Crippen LogP contribution in [0.25, 0.3) is 0 Å². The van der Waals surface area contributed by atoms with Crippen molar-refractivity contribution in [1.82, 2.24) is 0 Å². The predicted molar refractivity (Wildman–Crippen MR) is 55.1 cm³/mol. The molecule has 0 fully saturated rings. The van der Waals surface area contributed by atoms with Gasteiger partial charge in [-0.2, -0.15) is 10.5 Å². The van der Waals surface area contributed by atoms with Crippen LogP contribution in [-0.2, 0) is 0 Å². The Bertz CT molecular complexity index is 301. The van der Waals surface area contributed by atoms with Gasteiger partial charge >= 0.3 is 0 Å². The van der Waals surface area contributed by atoms with Crippen molar-refractivity contribution < 1.29 is 0 Å². The maximum Gasteiger partial charge on any atom is 0.174 e. The van der Waals surface area contributed by atoms with Gasteiger partial charge in [-0.1, -0.05) is 19.8 Å². The summed E-state index contributed by atoms with van der Waals surface area (Å²) >= 11 is 0. The number of rotatable bonds is 5. The lowest BCUT2D eigenvalue weighted by Gasteiger charge is -1.92. The molecule has 0 rings (SSSR count). The average Bonchev–Trinajstić information content (AvgIpc) is 2.22. The normalized spacial score (nSPS) is 11.9. The predicted octanol–water partition coefficient (Wildman–Crippen LogP) is 1.85. The van der Waals surface area contributed by atoms with E-state index in [4.69, 9.17) is 16.3 Å². The lowest BCUT2D eigenvalue weighted by atomic mass is 10.2. The Morgan fingerprint density at radius 2 is 2.07 bits per heavy atom. The van der Waals surface area contributed by atoms with Gasteiger partial charge in [0.1, 0.15) is 17.8 Å². The lowest BCUT2D eigenvalue weighted by Crippen LogP contribution is -1.97. The highest BCUT2D eigenvalue weighted by Gasteiger charge is 1.97. The number of allylic oxidation sites excluding steroid dienone is 2. The number of nitrogens with two attached hydrogens (primary N) is 1. The second-order valence-corrected chi connectivity index (χ2v) is 2.79. The average molecular weight is 190 g/mol. The Kier molecular flexibility index (Phi) is 6.81. The van der Waals surface area contributed by atoms with E-state index in [-0.39, 0.29) is 11.4 Å². The van der Waals surface area contributed by atoms with Gasteiger partial charge in [0, 0.05) is 6.21 Å². The molecule has 0 radical (unpaired) electrons. The van der Waals surface area contributed by atoms with Crippen molar-refractivity contribution in [3.8, 4) is 12.1 Å². The molecule has 0 heterocycles. The van der Waals surface area contributed by atoms with E-state index in [1.54, 1.807) is 18.4 Å². The summed E-state index contributed by atoms with van der Waals surface area (Å²) < 4.78 is 0. The number of unbranched alkanes of at least 4 members (excludes halogenated alkanes) is 3. The third kappa shape index (κ3) is 4.95. The van der Waals surface area contributed by atoms with Gasteiger partial charge in [0.25, 0.3) is 0 Å².